The van der Waals surface area contributed by atoms with Crippen LogP contribution in [0.4, 0.5) is 4.39 Å². The van der Waals surface area contributed by atoms with Gasteiger partial charge in [-0.05, 0) is 25.5 Å². The molecule has 0 amide bonds. The van der Waals surface area contributed by atoms with Gasteiger partial charge < -0.3 is 4.90 Å². The van der Waals surface area contributed by atoms with Crippen molar-refractivity contribution >= 4 is 0 Å². The molecule has 0 N–H and O–H groups in total. The molecular formula is C15H22FN. The number of alkyl halides is 1. The Morgan fingerprint density at radius 1 is 1.18 bits per heavy atom. The fourth-order valence-electron chi connectivity index (χ4n) is 2.69. The summed E-state index contributed by atoms with van der Waals surface area (Å²) in [5, 5.41) is 0. The Morgan fingerprint density at radius 2 is 1.82 bits per heavy atom. The second-order valence-electron chi connectivity index (χ2n) is 5.11. The van der Waals surface area contributed by atoms with Gasteiger partial charge in [-0.1, -0.05) is 49.6 Å². The van der Waals surface area contributed by atoms with Gasteiger partial charge in [-0.25, -0.2) is 4.39 Å². The van der Waals surface area contributed by atoms with Crippen LogP contribution in [0.5, 0.6) is 0 Å². The minimum atomic E-state index is -0.858. The molecule has 1 atom stereocenters. The van der Waals surface area contributed by atoms with E-state index in [1.54, 1.807) is 0 Å². The maximum Gasteiger partial charge on any atom is 0.138 e. The molecule has 1 aliphatic rings. The van der Waals surface area contributed by atoms with Gasteiger partial charge in [0.25, 0.3) is 0 Å². The fourth-order valence-corrected chi connectivity index (χ4v) is 2.69. The van der Waals surface area contributed by atoms with E-state index in [0.29, 0.717) is 12.6 Å². The normalized spacial score (nSPS) is 19.5. The molecule has 0 saturated heterocycles. The van der Waals surface area contributed by atoms with E-state index in [-0.39, 0.29) is 0 Å². The molecule has 1 aromatic carbocycles. The first-order valence-electron chi connectivity index (χ1n) is 6.66. The van der Waals surface area contributed by atoms with E-state index >= 15 is 0 Å². The number of rotatable bonds is 4. The topological polar surface area (TPSA) is 3.24 Å². The number of hydrogen-bond donors (Lipinski definition) is 0. The zero-order valence-electron chi connectivity index (χ0n) is 10.6. The van der Waals surface area contributed by atoms with Gasteiger partial charge in [-0.2, -0.15) is 0 Å². The highest BCUT2D eigenvalue weighted by Crippen LogP contribution is 2.25. The van der Waals surface area contributed by atoms with Crippen molar-refractivity contribution in [3.63, 3.8) is 0 Å². The molecule has 94 valence electrons. The van der Waals surface area contributed by atoms with E-state index in [1.807, 2.05) is 30.3 Å². The van der Waals surface area contributed by atoms with Crippen molar-refractivity contribution in [1.82, 2.24) is 4.90 Å². The van der Waals surface area contributed by atoms with Crippen molar-refractivity contribution in [3.05, 3.63) is 35.9 Å². The van der Waals surface area contributed by atoms with Gasteiger partial charge in [0.05, 0.1) is 0 Å². The summed E-state index contributed by atoms with van der Waals surface area (Å²) >= 11 is 0. The number of likely N-dealkylation sites (N-methyl/N-ethyl adjacent to an activating group) is 1. The van der Waals surface area contributed by atoms with E-state index in [9.17, 15) is 4.39 Å². The van der Waals surface area contributed by atoms with Gasteiger partial charge in [0.2, 0.25) is 0 Å². The molecule has 0 radical (unpaired) electrons. The van der Waals surface area contributed by atoms with Crippen LogP contribution in [0.1, 0.15) is 43.8 Å². The zero-order chi connectivity index (χ0) is 12.1. The molecule has 2 heteroatoms. The third-order valence-corrected chi connectivity index (χ3v) is 3.81. The van der Waals surface area contributed by atoms with Crippen molar-refractivity contribution in [1.29, 1.82) is 0 Å². The first-order valence-corrected chi connectivity index (χ1v) is 6.66. The van der Waals surface area contributed by atoms with E-state index in [2.05, 4.69) is 11.9 Å². The quantitative estimate of drug-likeness (QED) is 0.763. The minimum absolute atomic E-state index is 0.523. The lowest BCUT2D eigenvalue weighted by molar-refractivity contribution is 0.145. The molecule has 2 rings (SSSR count). The number of hydrogen-bond acceptors (Lipinski definition) is 1. The highest BCUT2D eigenvalue weighted by molar-refractivity contribution is 5.17. The summed E-state index contributed by atoms with van der Waals surface area (Å²) in [4.78, 5) is 2.21. The first kappa shape index (κ1) is 12.6. The van der Waals surface area contributed by atoms with E-state index in [1.165, 1.54) is 32.1 Å². The second kappa shape index (κ2) is 6.15. The summed E-state index contributed by atoms with van der Waals surface area (Å²) < 4.78 is 14.1. The summed E-state index contributed by atoms with van der Waals surface area (Å²) in [5.74, 6) is 0. The van der Waals surface area contributed by atoms with E-state index in [0.717, 1.165) is 5.56 Å². The molecule has 0 aromatic heterocycles. The largest absolute Gasteiger partial charge is 0.300 e. The predicted octanol–water partition coefficient (Wildman–Crippen LogP) is 3.96. The number of benzene rings is 1. The molecule has 0 aliphatic heterocycles. The minimum Gasteiger partial charge on any atom is -0.300 e. The molecule has 1 saturated carbocycles. The second-order valence-corrected chi connectivity index (χ2v) is 5.11. The SMILES string of the molecule is CN(C[C@H](F)c1ccccc1)C1CCCCC1. The lowest BCUT2D eigenvalue weighted by Crippen LogP contribution is -2.35. The molecule has 0 heterocycles. The summed E-state index contributed by atoms with van der Waals surface area (Å²) in [6, 6.07) is 10.1. The van der Waals surface area contributed by atoms with Crippen LogP contribution in [0.25, 0.3) is 0 Å². The van der Waals surface area contributed by atoms with Crippen LogP contribution >= 0.6 is 0 Å². The molecule has 1 nitrogen and oxygen atoms in total. The molecule has 1 aliphatic carbocycles. The molecule has 1 aromatic rings. The summed E-state index contributed by atoms with van der Waals surface area (Å²) in [5.41, 5.74) is 0.801. The van der Waals surface area contributed by atoms with Crippen molar-refractivity contribution in [2.45, 2.75) is 44.3 Å². The van der Waals surface area contributed by atoms with Crippen LogP contribution in [-0.4, -0.2) is 24.5 Å². The lowest BCUT2D eigenvalue weighted by atomic mass is 9.94. The van der Waals surface area contributed by atoms with E-state index in [4.69, 9.17) is 0 Å². The summed E-state index contributed by atoms with van der Waals surface area (Å²) in [6.07, 6.45) is 5.57. The highest BCUT2D eigenvalue weighted by atomic mass is 19.1. The molecule has 0 spiro atoms. The van der Waals surface area contributed by atoms with Gasteiger partial charge in [0.15, 0.2) is 0 Å². The molecule has 1 fully saturated rings. The Balaban J connectivity index is 1.87. The molecule has 0 unspecified atom stereocenters. The van der Waals surface area contributed by atoms with Crippen LogP contribution in [0.2, 0.25) is 0 Å². The third kappa shape index (κ3) is 3.53. The smallest absolute Gasteiger partial charge is 0.138 e. The molecular weight excluding hydrogens is 213 g/mol. The number of nitrogens with zero attached hydrogens (tertiary/aromatic N) is 1. The Kier molecular flexibility index (Phi) is 4.55. The van der Waals surface area contributed by atoms with Gasteiger partial charge >= 0.3 is 0 Å². The van der Waals surface area contributed by atoms with Gasteiger partial charge in [-0.15, -0.1) is 0 Å². The molecule has 17 heavy (non-hydrogen) atoms. The van der Waals surface area contributed by atoms with Crippen molar-refractivity contribution < 1.29 is 4.39 Å². The van der Waals surface area contributed by atoms with Gasteiger partial charge in [0, 0.05) is 12.6 Å². The highest BCUT2D eigenvalue weighted by Gasteiger charge is 2.21. The Morgan fingerprint density at radius 3 is 2.47 bits per heavy atom. The third-order valence-electron chi connectivity index (χ3n) is 3.81. The Labute approximate surface area is 104 Å². The van der Waals surface area contributed by atoms with Crippen molar-refractivity contribution in [3.8, 4) is 0 Å². The van der Waals surface area contributed by atoms with Crippen LogP contribution in [0, 0.1) is 0 Å². The molecule has 0 bridgehead atoms. The first-order chi connectivity index (χ1) is 8.27. The predicted molar refractivity (Wildman–Crippen MR) is 69.8 cm³/mol. The van der Waals surface area contributed by atoms with Crippen molar-refractivity contribution in [2.75, 3.05) is 13.6 Å². The van der Waals surface area contributed by atoms with E-state index < -0.39 is 6.17 Å². The Bertz CT molecular complexity index is 319. The average Bonchev–Trinajstić information content (AvgIpc) is 2.40. The van der Waals surface area contributed by atoms with Crippen LogP contribution in [0.15, 0.2) is 30.3 Å². The zero-order valence-corrected chi connectivity index (χ0v) is 10.6. The monoisotopic (exact) mass is 235 g/mol. The summed E-state index contributed by atoms with van der Waals surface area (Å²) in [7, 11) is 2.06. The standard InChI is InChI=1S/C15H22FN/c1-17(14-10-6-3-7-11-14)12-15(16)13-8-4-2-5-9-13/h2,4-5,8-9,14-15H,3,6-7,10-12H2,1H3/t15-/m0/s1. The van der Waals surface area contributed by atoms with Gasteiger partial charge in [0.1, 0.15) is 6.17 Å². The average molecular weight is 235 g/mol. The Hall–Kier alpha value is -0.890. The maximum absolute atomic E-state index is 14.1. The van der Waals surface area contributed by atoms with Gasteiger partial charge in [-0.3, -0.25) is 0 Å². The van der Waals surface area contributed by atoms with Crippen LogP contribution in [0.3, 0.4) is 0 Å². The van der Waals surface area contributed by atoms with Crippen LogP contribution < -0.4 is 0 Å². The van der Waals surface area contributed by atoms with Crippen LogP contribution in [-0.2, 0) is 0 Å². The number of halogens is 1. The fraction of sp³-hybridized carbons (Fsp3) is 0.600. The lowest BCUT2D eigenvalue weighted by Gasteiger charge is -2.32. The van der Waals surface area contributed by atoms with Crippen molar-refractivity contribution in [2.24, 2.45) is 0 Å². The summed E-state index contributed by atoms with van der Waals surface area (Å²) in [6.45, 7) is 0.523. The maximum atomic E-state index is 14.1.